The van der Waals surface area contributed by atoms with E-state index in [9.17, 15) is 4.79 Å². The average Bonchev–Trinajstić information content (AvgIpc) is 3.26. The van der Waals surface area contributed by atoms with E-state index in [2.05, 4.69) is 24.4 Å². The Labute approximate surface area is 144 Å². The number of nitrogens with one attached hydrogen (secondary N) is 1. The van der Waals surface area contributed by atoms with Crippen molar-refractivity contribution in [3.63, 3.8) is 0 Å². The highest BCUT2D eigenvalue weighted by molar-refractivity contribution is 5.94. The van der Waals surface area contributed by atoms with Crippen LogP contribution in [-0.2, 0) is 0 Å². The Bertz CT molecular complexity index is 707. The molecule has 0 aliphatic heterocycles. The van der Waals surface area contributed by atoms with Gasteiger partial charge in [-0.1, -0.05) is 48.9 Å². The van der Waals surface area contributed by atoms with Gasteiger partial charge in [-0.05, 0) is 67.2 Å². The minimum Gasteiger partial charge on any atom is -0.349 e. The van der Waals surface area contributed by atoms with Gasteiger partial charge in [-0.15, -0.1) is 0 Å². The number of benzene rings is 2. The Morgan fingerprint density at radius 2 is 1.67 bits per heavy atom. The van der Waals surface area contributed by atoms with Gasteiger partial charge in [-0.2, -0.15) is 0 Å². The molecular weight excluding hydrogens is 294 g/mol. The number of carbonyl (C=O) groups is 1. The van der Waals surface area contributed by atoms with Crippen LogP contribution in [0.5, 0.6) is 0 Å². The van der Waals surface area contributed by atoms with E-state index in [0.717, 1.165) is 23.0 Å². The lowest BCUT2D eigenvalue weighted by molar-refractivity contribution is 0.0915. The Kier molecular flexibility index (Phi) is 4.13. The summed E-state index contributed by atoms with van der Waals surface area (Å²) in [5.41, 5.74) is 3.08. The lowest BCUT2D eigenvalue weighted by atomic mass is 9.84. The van der Waals surface area contributed by atoms with E-state index in [1.54, 1.807) is 0 Å². The second-order valence-corrected chi connectivity index (χ2v) is 7.54. The van der Waals surface area contributed by atoms with Crippen LogP contribution in [0.15, 0.2) is 54.6 Å². The standard InChI is InChI=1S/C22H25NO/c1-15(21-14-16-7-8-20(21)13-16)23-22(24)19-11-9-18(10-12-19)17-5-3-2-4-6-17/h2-6,9-12,15-16,20-21H,7-8,13-14H2,1H3,(H,23,24)/t15-,16+,20+,21+/m0/s1. The highest BCUT2D eigenvalue weighted by atomic mass is 16.1. The maximum atomic E-state index is 12.6. The molecule has 0 heterocycles. The van der Waals surface area contributed by atoms with Crippen LogP contribution in [0.4, 0.5) is 0 Å². The van der Waals surface area contributed by atoms with Crippen molar-refractivity contribution < 1.29 is 4.79 Å². The summed E-state index contributed by atoms with van der Waals surface area (Å²) in [6.07, 6.45) is 5.46. The van der Waals surface area contributed by atoms with Crippen LogP contribution >= 0.6 is 0 Å². The molecule has 4 rings (SSSR count). The van der Waals surface area contributed by atoms with Crippen LogP contribution in [-0.4, -0.2) is 11.9 Å². The van der Waals surface area contributed by atoms with Crippen LogP contribution in [0.2, 0.25) is 0 Å². The minimum atomic E-state index is 0.0601. The zero-order valence-corrected chi connectivity index (χ0v) is 14.2. The van der Waals surface area contributed by atoms with Gasteiger partial charge in [-0.3, -0.25) is 4.79 Å². The molecule has 2 aliphatic rings. The molecule has 0 radical (unpaired) electrons. The third-order valence-electron chi connectivity index (χ3n) is 6.05. The van der Waals surface area contributed by atoms with Crippen molar-refractivity contribution in [2.45, 2.75) is 38.6 Å². The Morgan fingerprint density at radius 1 is 0.958 bits per heavy atom. The highest BCUT2D eigenvalue weighted by Crippen LogP contribution is 2.49. The molecule has 2 bridgehead atoms. The van der Waals surface area contributed by atoms with Crippen molar-refractivity contribution in [2.75, 3.05) is 0 Å². The first-order chi connectivity index (χ1) is 11.7. The normalized spacial score (nSPS) is 26.3. The predicted molar refractivity (Wildman–Crippen MR) is 97.7 cm³/mol. The zero-order valence-electron chi connectivity index (χ0n) is 14.2. The lowest BCUT2D eigenvalue weighted by Gasteiger charge is -2.28. The molecule has 2 fully saturated rings. The summed E-state index contributed by atoms with van der Waals surface area (Å²) in [7, 11) is 0. The highest BCUT2D eigenvalue weighted by Gasteiger charge is 2.42. The maximum Gasteiger partial charge on any atom is 0.251 e. The molecule has 24 heavy (non-hydrogen) atoms. The summed E-state index contributed by atoms with van der Waals surface area (Å²) in [6, 6.07) is 18.5. The van der Waals surface area contributed by atoms with Crippen molar-refractivity contribution >= 4 is 5.91 Å². The van der Waals surface area contributed by atoms with Crippen LogP contribution in [0, 0.1) is 17.8 Å². The van der Waals surface area contributed by atoms with Gasteiger partial charge in [0.1, 0.15) is 0 Å². The van der Waals surface area contributed by atoms with E-state index in [0.29, 0.717) is 5.92 Å². The number of carbonyl (C=O) groups excluding carboxylic acids is 1. The average molecular weight is 319 g/mol. The molecule has 2 aromatic carbocycles. The Morgan fingerprint density at radius 3 is 2.29 bits per heavy atom. The molecule has 4 atom stereocenters. The van der Waals surface area contributed by atoms with Crippen LogP contribution in [0.3, 0.4) is 0 Å². The third kappa shape index (κ3) is 2.98. The largest absolute Gasteiger partial charge is 0.349 e. The molecule has 0 saturated heterocycles. The molecule has 0 aromatic heterocycles. The number of hydrogen-bond donors (Lipinski definition) is 1. The summed E-state index contributed by atoms with van der Waals surface area (Å²) < 4.78 is 0. The first-order valence-corrected chi connectivity index (χ1v) is 9.17. The number of amides is 1. The fraction of sp³-hybridized carbons (Fsp3) is 0.409. The molecule has 2 aliphatic carbocycles. The summed E-state index contributed by atoms with van der Waals surface area (Å²) in [5, 5.41) is 3.24. The topological polar surface area (TPSA) is 29.1 Å². The SMILES string of the molecule is C[C@H](NC(=O)c1ccc(-c2ccccc2)cc1)[C@H]1C[C@@H]2CC[C@@H]1C2. The van der Waals surface area contributed by atoms with Crippen molar-refractivity contribution in [1.29, 1.82) is 0 Å². The Hall–Kier alpha value is -2.09. The van der Waals surface area contributed by atoms with Gasteiger partial charge in [0.25, 0.3) is 5.91 Å². The van der Waals surface area contributed by atoms with Crippen molar-refractivity contribution in [2.24, 2.45) is 17.8 Å². The summed E-state index contributed by atoms with van der Waals surface area (Å²) >= 11 is 0. The van der Waals surface area contributed by atoms with E-state index in [-0.39, 0.29) is 11.9 Å². The fourth-order valence-corrected chi connectivity index (χ4v) is 4.75. The molecule has 2 aromatic rings. The van der Waals surface area contributed by atoms with Crippen molar-refractivity contribution in [3.8, 4) is 11.1 Å². The minimum absolute atomic E-state index is 0.0601. The van der Waals surface area contributed by atoms with Crippen LogP contribution < -0.4 is 5.32 Å². The van der Waals surface area contributed by atoms with Gasteiger partial charge >= 0.3 is 0 Å². The second kappa shape index (κ2) is 6.43. The molecule has 0 spiro atoms. The van der Waals surface area contributed by atoms with Gasteiger partial charge in [0.05, 0.1) is 0 Å². The smallest absolute Gasteiger partial charge is 0.251 e. The summed E-state index contributed by atoms with van der Waals surface area (Å²) in [5.74, 6) is 2.50. The van der Waals surface area contributed by atoms with E-state index in [1.165, 1.54) is 31.2 Å². The third-order valence-corrected chi connectivity index (χ3v) is 6.05. The molecule has 2 heteroatoms. The van der Waals surface area contributed by atoms with E-state index in [4.69, 9.17) is 0 Å². The second-order valence-electron chi connectivity index (χ2n) is 7.54. The fourth-order valence-electron chi connectivity index (χ4n) is 4.75. The predicted octanol–water partition coefficient (Wildman–Crippen LogP) is 4.91. The van der Waals surface area contributed by atoms with Gasteiger partial charge in [0, 0.05) is 11.6 Å². The molecular formula is C22H25NO. The monoisotopic (exact) mass is 319 g/mol. The molecule has 0 unspecified atom stereocenters. The van der Waals surface area contributed by atoms with Crippen molar-refractivity contribution in [1.82, 2.24) is 5.32 Å². The molecule has 2 nitrogen and oxygen atoms in total. The number of rotatable bonds is 4. The van der Waals surface area contributed by atoms with Crippen LogP contribution in [0.1, 0.15) is 43.0 Å². The van der Waals surface area contributed by atoms with Gasteiger partial charge in [-0.25, -0.2) is 0 Å². The molecule has 124 valence electrons. The molecule has 2 saturated carbocycles. The van der Waals surface area contributed by atoms with Gasteiger partial charge in [0.15, 0.2) is 0 Å². The van der Waals surface area contributed by atoms with Crippen molar-refractivity contribution in [3.05, 3.63) is 60.2 Å². The van der Waals surface area contributed by atoms with E-state index >= 15 is 0 Å². The van der Waals surface area contributed by atoms with Gasteiger partial charge < -0.3 is 5.32 Å². The maximum absolute atomic E-state index is 12.6. The number of hydrogen-bond acceptors (Lipinski definition) is 1. The number of fused-ring (bicyclic) bond motifs is 2. The molecule has 1 amide bonds. The lowest BCUT2D eigenvalue weighted by Crippen LogP contribution is -2.40. The quantitative estimate of drug-likeness (QED) is 0.852. The van der Waals surface area contributed by atoms with Crippen LogP contribution in [0.25, 0.3) is 11.1 Å². The first kappa shape index (κ1) is 15.4. The van der Waals surface area contributed by atoms with E-state index < -0.39 is 0 Å². The first-order valence-electron chi connectivity index (χ1n) is 9.17. The zero-order chi connectivity index (χ0) is 16.5. The Balaban J connectivity index is 1.41. The summed E-state index contributed by atoms with van der Waals surface area (Å²) in [4.78, 5) is 12.6. The molecule has 1 N–H and O–H groups in total. The van der Waals surface area contributed by atoms with E-state index in [1.807, 2.05) is 42.5 Å². The van der Waals surface area contributed by atoms with Gasteiger partial charge in [0.2, 0.25) is 0 Å². The summed E-state index contributed by atoms with van der Waals surface area (Å²) in [6.45, 7) is 2.18.